The van der Waals surface area contributed by atoms with E-state index in [-0.39, 0.29) is 17.9 Å². The van der Waals surface area contributed by atoms with Crippen LogP contribution < -0.4 is 20.7 Å². The van der Waals surface area contributed by atoms with Crippen LogP contribution in [0.5, 0.6) is 11.8 Å². The summed E-state index contributed by atoms with van der Waals surface area (Å²) in [7, 11) is 1.76. The van der Waals surface area contributed by atoms with Gasteiger partial charge in [0.1, 0.15) is 27.6 Å². The number of benzene rings is 1. The summed E-state index contributed by atoms with van der Waals surface area (Å²) >= 11 is 1.47. The molecular formula is C24H27FN8OS. The van der Waals surface area contributed by atoms with Crippen LogP contribution in [-0.4, -0.2) is 51.1 Å². The minimum Gasteiger partial charge on any atom is -0.422 e. The molecule has 11 heteroatoms. The van der Waals surface area contributed by atoms with Crippen molar-refractivity contribution in [1.82, 2.24) is 24.9 Å². The number of hydrogen-bond acceptors (Lipinski definition) is 9. The van der Waals surface area contributed by atoms with Crippen LogP contribution in [0.1, 0.15) is 26.7 Å². The number of fused-ring (bicyclic) bond motifs is 4. The molecule has 0 aliphatic carbocycles. The number of aromatic amines is 1. The Labute approximate surface area is 205 Å². The molecular weight excluding hydrogens is 467 g/mol. The number of pyridine rings is 1. The van der Waals surface area contributed by atoms with Crippen LogP contribution in [0.25, 0.3) is 32.3 Å². The second kappa shape index (κ2) is 9.59. The topological polar surface area (TPSA) is 118 Å². The van der Waals surface area contributed by atoms with Crippen molar-refractivity contribution < 1.29 is 9.13 Å². The van der Waals surface area contributed by atoms with Crippen molar-refractivity contribution in [1.29, 1.82) is 0 Å². The summed E-state index contributed by atoms with van der Waals surface area (Å²) in [6, 6.07) is 5.13. The van der Waals surface area contributed by atoms with E-state index in [1.165, 1.54) is 23.5 Å². The van der Waals surface area contributed by atoms with E-state index in [4.69, 9.17) is 15.5 Å². The Morgan fingerprint density at radius 3 is 2.74 bits per heavy atom. The zero-order valence-corrected chi connectivity index (χ0v) is 20.6. The number of halogens is 1. The molecule has 4 N–H and O–H groups in total. The van der Waals surface area contributed by atoms with Gasteiger partial charge in [-0.15, -0.1) is 11.3 Å². The lowest BCUT2D eigenvalue weighted by atomic mass is 10.1. The highest BCUT2D eigenvalue weighted by molar-refractivity contribution is 7.16. The molecule has 4 aromatic heterocycles. The fourth-order valence-corrected chi connectivity index (χ4v) is 4.92. The first-order valence-electron chi connectivity index (χ1n) is 11.7. The summed E-state index contributed by atoms with van der Waals surface area (Å²) < 4.78 is 20.4. The van der Waals surface area contributed by atoms with E-state index in [0.29, 0.717) is 22.9 Å². The Morgan fingerprint density at radius 2 is 1.97 bits per heavy atom. The Bertz CT molecular complexity index is 1490. The molecule has 1 aromatic carbocycles. The van der Waals surface area contributed by atoms with Crippen molar-refractivity contribution in [2.24, 2.45) is 5.73 Å². The van der Waals surface area contributed by atoms with Crippen LogP contribution in [-0.2, 0) is 0 Å². The number of thiazole rings is 1. The van der Waals surface area contributed by atoms with E-state index in [9.17, 15) is 4.39 Å². The van der Waals surface area contributed by atoms with Crippen molar-refractivity contribution in [2.45, 2.75) is 32.7 Å². The molecule has 35 heavy (non-hydrogen) atoms. The molecule has 0 bridgehead atoms. The maximum atomic E-state index is 14.4. The summed E-state index contributed by atoms with van der Waals surface area (Å²) in [4.78, 5) is 24.4. The number of nitrogens with zero attached hydrogens (tertiary/aromatic N) is 5. The number of ether oxygens (including phenoxy) is 1. The molecule has 5 heterocycles. The van der Waals surface area contributed by atoms with Crippen LogP contribution in [0.3, 0.4) is 0 Å². The summed E-state index contributed by atoms with van der Waals surface area (Å²) in [5, 5.41) is 4.53. The maximum Gasteiger partial charge on any atom is 0.326 e. The number of nitrogens with two attached hydrogens (primary N) is 1. The van der Waals surface area contributed by atoms with Crippen LogP contribution in [0.15, 0.2) is 29.9 Å². The van der Waals surface area contributed by atoms with E-state index < -0.39 is 0 Å². The highest BCUT2D eigenvalue weighted by atomic mass is 32.1. The second-order valence-corrected chi connectivity index (χ2v) is 8.91. The lowest BCUT2D eigenvalue weighted by molar-refractivity contribution is 0.440. The second-order valence-electron chi connectivity index (χ2n) is 8.08. The lowest BCUT2D eigenvalue weighted by Crippen LogP contribution is -2.40. The van der Waals surface area contributed by atoms with E-state index in [1.807, 2.05) is 19.9 Å². The van der Waals surface area contributed by atoms with Gasteiger partial charge in [0.25, 0.3) is 0 Å². The predicted octanol–water partition coefficient (Wildman–Crippen LogP) is 5.04. The van der Waals surface area contributed by atoms with Crippen molar-refractivity contribution in [3.05, 3.63) is 35.7 Å². The first-order valence-corrected chi connectivity index (χ1v) is 12.6. The molecule has 1 fully saturated rings. The van der Waals surface area contributed by atoms with Gasteiger partial charge in [-0.1, -0.05) is 13.8 Å². The number of aromatic nitrogens is 5. The normalized spacial score (nSPS) is 14.4. The van der Waals surface area contributed by atoms with Crippen LogP contribution in [0.2, 0.25) is 0 Å². The molecule has 0 atom stereocenters. The standard InChI is InChI=1S/C22H21FN8OS.C2H6/c1-25-15-7-11(23)6-14-17-19(28-18(14)15)29-22(30-20(17)31-4-2-12(24)3-5-31)32-13-8-16-21(26-9-13)33-10-27-16;1-2/h6-10,12,25H,2-5,24H2,1H3,(H,28,29,30);1-2H3. The molecule has 1 saturated heterocycles. The highest BCUT2D eigenvalue weighted by Crippen LogP contribution is 2.38. The van der Waals surface area contributed by atoms with E-state index in [1.54, 1.807) is 18.8 Å². The third kappa shape index (κ3) is 4.32. The first-order chi connectivity index (χ1) is 17.1. The van der Waals surface area contributed by atoms with Crippen molar-refractivity contribution in [3.8, 4) is 11.8 Å². The number of anilines is 2. The highest BCUT2D eigenvalue weighted by Gasteiger charge is 2.24. The zero-order chi connectivity index (χ0) is 24.5. The van der Waals surface area contributed by atoms with Gasteiger partial charge in [-0.3, -0.25) is 0 Å². The molecule has 1 aliphatic heterocycles. The fraction of sp³-hybridized carbons (Fsp3) is 0.333. The fourth-order valence-electron chi connectivity index (χ4n) is 4.31. The van der Waals surface area contributed by atoms with Crippen LogP contribution in [0.4, 0.5) is 15.9 Å². The third-order valence-corrected chi connectivity index (χ3v) is 6.71. The Kier molecular flexibility index (Phi) is 6.35. The van der Waals surface area contributed by atoms with Gasteiger partial charge in [-0.05, 0) is 25.0 Å². The lowest BCUT2D eigenvalue weighted by Gasteiger charge is -2.31. The minimum atomic E-state index is -0.331. The summed E-state index contributed by atoms with van der Waals surface area (Å²) in [5.74, 6) is 0.864. The third-order valence-electron chi connectivity index (χ3n) is 5.97. The Balaban J connectivity index is 0.00000124. The molecule has 0 unspecified atom stereocenters. The summed E-state index contributed by atoms with van der Waals surface area (Å²) in [6.45, 7) is 5.50. The van der Waals surface area contributed by atoms with E-state index in [0.717, 1.165) is 52.6 Å². The van der Waals surface area contributed by atoms with Crippen LogP contribution >= 0.6 is 11.3 Å². The van der Waals surface area contributed by atoms with E-state index >= 15 is 0 Å². The molecule has 0 amide bonds. The molecule has 5 aromatic rings. The number of rotatable bonds is 4. The molecule has 9 nitrogen and oxygen atoms in total. The molecule has 0 spiro atoms. The largest absolute Gasteiger partial charge is 0.422 e. The predicted molar refractivity (Wildman–Crippen MR) is 139 cm³/mol. The minimum absolute atomic E-state index is 0.168. The van der Waals surface area contributed by atoms with Gasteiger partial charge in [0.2, 0.25) is 0 Å². The summed E-state index contributed by atoms with van der Waals surface area (Å²) in [5.41, 5.74) is 10.6. The monoisotopic (exact) mass is 494 g/mol. The van der Waals surface area contributed by atoms with Crippen molar-refractivity contribution in [2.75, 3.05) is 30.4 Å². The quantitative estimate of drug-likeness (QED) is 0.318. The molecule has 182 valence electrons. The molecule has 0 radical (unpaired) electrons. The number of H-pyrrole nitrogens is 1. The van der Waals surface area contributed by atoms with Gasteiger partial charge in [-0.2, -0.15) is 9.97 Å². The van der Waals surface area contributed by atoms with Gasteiger partial charge in [0.05, 0.1) is 28.3 Å². The van der Waals surface area contributed by atoms with Gasteiger partial charge in [0, 0.05) is 37.6 Å². The first kappa shape index (κ1) is 23.2. The molecule has 6 rings (SSSR count). The zero-order valence-electron chi connectivity index (χ0n) is 19.8. The van der Waals surface area contributed by atoms with Crippen molar-refractivity contribution >= 4 is 55.1 Å². The van der Waals surface area contributed by atoms with Gasteiger partial charge in [0.15, 0.2) is 5.75 Å². The van der Waals surface area contributed by atoms with Gasteiger partial charge < -0.3 is 25.7 Å². The summed E-state index contributed by atoms with van der Waals surface area (Å²) in [6.07, 6.45) is 3.34. The number of nitrogens with one attached hydrogen (secondary N) is 2. The average molecular weight is 495 g/mol. The Morgan fingerprint density at radius 1 is 1.17 bits per heavy atom. The SMILES string of the molecule is CC.CNc1cc(F)cc2c1[nH]c1nc(Oc3cnc4scnc4c3)nc(N3CCC(N)CC3)c12. The van der Waals surface area contributed by atoms with E-state index in [2.05, 4.69) is 30.2 Å². The Hall–Kier alpha value is -3.57. The number of piperidine rings is 1. The molecule has 1 aliphatic rings. The van der Waals surface area contributed by atoms with Crippen LogP contribution in [0, 0.1) is 5.82 Å². The maximum absolute atomic E-state index is 14.4. The average Bonchev–Trinajstić information content (AvgIpc) is 3.49. The van der Waals surface area contributed by atoms with Crippen molar-refractivity contribution in [3.63, 3.8) is 0 Å². The number of hydrogen-bond donors (Lipinski definition) is 3. The smallest absolute Gasteiger partial charge is 0.326 e. The molecule has 0 saturated carbocycles. The van der Waals surface area contributed by atoms with Gasteiger partial charge >= 0.3 is 6.01 Å². The van der Waals surface area contributed by atoms with Gasteiger partial charge in [-0.25, -0.2) is 14.4 Å².